The van der Waals surface area contributed by atoms with Crippen molar-refractivity contribution in [3.05, 3.63) is 36.4 Å². The molecule has 2 aromatic heterocycles. The average molecular weight is 268 g/mol. The molecular weight excluding hydrogens is 248 g/mol. The summed E-state index contributed by atoms with van der Waals surface area (Å²) in [6.07, 6.45) is 8.29. The second kappa shape index (κ2) is 5.49. The van der Waals surface area contributed by atoms with Crippen molar-refractivity contribution in [2.75, 3.05) is 30.4 Å². The molecular formula is C16H20N4. The maximum atomic E-state index is 4.45. The Hall–Kier alpha value is -2.10. The number of rotatable bonds is 3. The molecule has 0 saturated carbocycles. The Balaban J connectivity index is 1.99. The summed E-state index contributed by atoms with van der Waals surface area (Å²) in [6, 6.07) is 4.36. The molecule has 2 aromatic rings. The second-order valence-corrected chi connectivity index (χ2v) is 5.23. The fraction of sp³-hybridized carbons (Fsp3) is 0.375. The molecule has 0 aromatic carbocycles. The molecule has 3 rings (SSSR count). The highest BCUT2D eigenvalue weighted by molar-refractivity contribution is 5.72. The fourth-order valence-electron chi connectivity index (χ4n) is 2.69. The van der Waals surface area contributed by atoms with E-state index in [9.17, 15) is 0 Å². The molecule has 104 valence electrons. The standard InChI is InChI=1S/C16H20N4/c1-12-16(8-14(17-2)10-19-12)13-7-15(11-18-9-13)20-5-3-4-6-20/h7-11,17H,3-6H2,1-2H3. The summed E-state index contributed by atoms with van der Waals surface area (Å²) >= 11 is 0. The summed E-state index contributed by atoms with van der Waals surface area (Å²) in [5, 5.41) is 3.14. The van der Waals surface area contributed by atoms with Gasteiger partial charge in [-0.05, 0) is 31.9 Å². The first-order valence-corrected chi connectivity index (χ1v) is 7.12. The normalized spacial score (nSPS) is 14.6. The number of nitrogens with one attached hydrogen (secondary N) is 1. The summed E-state index contributed by atoms with van der Waals surface area (Å²) in [5.74, 6) is 0. The first-order valence-electron chi connectivity index (χ1n) is 7.12. The van der Waals surface area contributed by atoms with E-state index < -0.39 is 0 Å². The molecule has 1 aliphatic heterocycles. The highest BCUT2D eigenvalue weighted by Crippen LogP contribution is 2.28. The Kier molecular flexibility index (Phi) is 3.54. The van der Waals surface area contributed by atoms with Crippen LogP contribution in [0, 0.1) is 6.92 Å². The number of hydrogen-bond acceptors (Lipinski definition) is 4. The van der Waals surface area contributed by atoms with Crippen molar-refractivity contribution < 1.29 is 0 Å². The van der Waals surface area contributed by atoms with Crippen LogP contribution in [0.2, 0.25) is 0 Å². The van der Waals surface area contributed by atoms with Crippen molar-refractivity contribution in [1.29, 1.82) is 0 Å². The lowest BCUT2D eigenvalue weighted by Crippen LogP contribution is -2.17. The Bertz CT molecular complexity index is 603. The number of anilines is 2. The number of hydrogen-bond donors (Lipinski definition) is 1. The molecule has 4 nitrogen and oxygen atoms in total. The number of nitrogens with zero attached hydrogens (tertiary/aromatic N) is 3. The third-order valence-corrected chi connectivity index (χ3v) is 3.88. The molecule has 1 fully saturated rings. The van der Waals surface area contributed by atoms with Crippen molar-refractivity contribution in [1.82, 2.24) is 9.97 Å². The van der Waals surface area contributed by atoms with E-state index in [1.165, 1.54) is 18.5 Å². The molecule has 1 N–H and O–H groups in total. The molecule has 0 atom stereocenters. The predicted octanol–water partition coefficient (Wildman–Crippen LogP) is 3.09. The summed E-state index contributed by atoms with van der Waals surface area (Å²) < 4.78 is 0. The van der Waals surface area contributed by atoms with Gasteiger partial charge in [-0.3, -0.25) is 9.97 Å². The van der Waals surface area contributed by atoms with E-state index in [0.717, 1.165) is 35.6 Å². The van der Waals surface area contributed by atoms with Crippen LogP contribution in [0.4, 0.5) is 11.4 Å². The summed E-state index contributed by atoms with van der Waals surface area (Å²) in [5.41, 5.74) is 5.55. The molecule has 1 saturated heterocycles. The maximum Gasteiger partial charge on any atom is 0.0558 e. The Morgan fingerprint density at radius 1 is 1.10 bits per heavy atom. The van der Waals surface area contributed by atoms with Gasteiger partial charge in [0.05, 0.1) is 23.8 Å². The molecule has 4 heteroatoms. The van der Waals surface area contributed by atoms with Crippen LogP contribution in [-0.4, -0.2) is 30.1 Å². The summed E-state index contributed by atoms with van der Waals surface area (Å²) in [4.78, 5) is 11.3. The van der Waals surface area contributed by atoms with Crippen LogP contribution < -0.4 is 10.2 Å². The van der Waals surface area contributed by atoms with Crippen LogP contribution in [0.25, 0.3) is 11.1 Å². The van der Waals surface area contributed by atoms with Gasteiger partial charge in [0.15, 0.2) is 0 Å². The molecule has 0 unspecified atom stereocenters. The van der Waals surface area contributed by atoms with E-state index in [-0.39, 0.29) is 0 Å². The second-order valence-electron chi connectivity index (χ2n) is 5.23. The van der Waals surface area contributed by atoms with E-state index in [1.54, 1.807) is 0 Å². The lowest BCUT2D eigenvalue weighted by Gasteiger charge is -2.18. The summed E-state index contributed by atoms with van der Waals surface area (Å²) in [6.45, 7) is 4.31. The van der Waals surface area contributed by atoms with Crippen molar-refractivity contribution in [3.63, 3.8) is 0 Å². The van der Waals surface area contributed by atoms with Crippen LogP contribution >= 0.6 is 0 Å². The van der Waals surface area contributed by atoms with E-state index in [2.05, 4.69) is 32.3 Å². The zero-order valence-corrected chi connectivity index (χ0v) is 12.1. The van der Waals surface area contributed by atoms with Gasteiger partial charge in [-0.1, -0.05) is 0 Å². The van der Waals surface area contributed by atoms with Crippen LogP contribution in [0.5, 0.6) is 0 Å². The molecule has 0 bridgehead atoms. The molecule has 0 radical (unpaired) electrons. The number of aromatic nitrogens is 2. The quantitative estimate of drug-likeness (QED) is 0.928. The fourth-order valence-corrected chi connectivity index (χ4v) is 2.69. The highest BCUT2D eigenvalue weighted by Gasteiger charge is 2.14. The summed E-state index contributed by atoms with van der Waals surface area (Å²) in [7, 11) is 1.91. The minimum Gasteiger partial charge on any atom is -0.387 e. The largest absolute Gasteiger partial charge is 0.387 e. The lowest BCUT2D eigenvalue weighted by molar-refractivity contribution is 0.949. The Morgan fingerprint density at radius 3 is 2.65 bits per heavy atom. The molecule has 1 aliphatic rings. The monoisotopic (exact) mass is 268 g/mol. The van der Waals surface area contributed by atoms with Gasteiger partial charge in [0.25, 0.3) is 0 Å². The van der Waals surface area contributed by atoms with Crippen molar-refractivity contribution in [2.45, 2.75) is 19.8 Å². The van der Waals surface area contributed by atoms with Gasteiger partial charge >= 0.3 is 0 Å². The van der Waals surface area contributed by atoms with Gasteiger partial charge in [-0.2, -0.15) is 0 Å². The Morgan fingerprint density at radius 2 is 1.90 bits per heavy atom. The lowest BCUT2D eigenvalue weighted by atomic mass is 10.1. The molecule has 0 spiro atoms. The number of aryl methyl sites for hydroxylation is 1. The van der Waals surface area contributed by atoms with Crippen LogP contribution in [0.1, 0.15) is 18.5 Å². The molecule has 0 aliphatic carbocycles. The van der Waals surface area contributed by atoms with E-state index in [4.69, 9.17) is 0 Å². The van der Waals surface area contributed by atoms with E-state index >= 15 is 0 Å². The van der Waals surface area contributed by atoms with Crippen LogP contribution in [0.15, 0.2) is 30.7 Å². The third-order valence-electron chi connectivity index (χ3n) is 3.88. The van der Waals surface area contributed by atoms with E-state index in [0.29, 0.717) is 0 Å². The maximum absolute atomic E-state index is 4.45. The van der Waals surface area contributed by atoms with Gasteiger partial charge in [0.2, 0.25) is 0 Å². The van der Waals surface area contributed by atoms with Crippen LogP contribution in [-0.2, 0) is 0 Å². The van der Waals surface area contributed by atoms with Gasteiger partial charge in [0, 0.05) is 43.2 Å². The molecule has 20 heavy (non-hydrogen) atoms. The van der Waals surface area contributed by atoms with Crippen molar-refractivity contribution in [3.8, 4) is 11.1 Å². The third kappa shape index (κ3) is 2.46. The first kappa shape index (κ1) is 12.9. The number of pyridine rings is 2. The predicted molar refractivity (Wildman–Crippen MR) is 83.2 cm³/mol. The van der Waals surface area contributed by atoms with Gasteiger partial charge < -0.3 is 10.2 Å². The van der Waals surface area contributed by atoms with Gasteiger partial charge in [-0.25, -0.2) is 0 Å². The zero-order chi connectivity index (χ0) is 13.9. The topological polar surface area (TPSA) is 41.1 Å². The van der Waals surface area contributed by atoms with Crippen molar-refractivity contribution in [2.24, 2.45) is 0 Å². The minimum atomic E-state index is 1.03. The minimum absolute atomic E-state index is 1.03. The Labute approximate surface area is 119 Å². The zero-order valence-electron chi connectivity index (χ0n) is 12.1. The average Bonchev–Trinajstić information content (AvgIpc) is 3.02. The smallest absolute Gasteiger partial charge is 0.0558 e. The van der Waals surface area contributed by atoms with Gasteiger partial charge in [0.1, 0.15) is 0 Å². The van der Waals surface area contributed by atoms with Crippen molar-refractivity contribution >= 4 is 11.4 Å². The first-order chi connectivity index (χ1) is 9.78. The van der Waals surface area contributed by atoms with Gasteiger partial charge in [-0.15, -0.1) is 0 Å². The highest BCUT2D eigenvalue weighted by atomic mass is 15.1. The SMILES string of the molecule is CNc1cnc(C)c(-c2cncc(N3CCCC3)c2)c1. The molecule has 3 heterocycles. The van der Waals surface area contributed by atoms with Crippen LogP contribution in [0.3, 0.4) is 0 Å². The molecule has 0 amide bonds. The van der Waals surface area contributed by atoms with E-state index in [1.807, 2.05) is 32.6 Å².